The third-order valence-electron chi connectivity index (χ3n) is 4.09. The van der Waals surface area contributed by atoms with E-state index >= 15 is 0 Å². The van der Waals surface area contributed by atoms with Crippen LogP contribution < -0.4 is 0 Å². The standard InChI is InChI=1S/C19H20.Zr/c1-3-14-8-10-16(11-9-14)18-7-5-6-17-12-15(4-2)13-19(17)18;/h5-11,13H,3-4,12H2,1-2H3;. The molecule has 1 heteroatoms. The van der Waals surface area contributed by atoms with Crippen LogP contribution in [0.2, 0.25) is 0 Å². The number of benzene rings is 2. The van der Waals surface area contributed by atoms with Crippen molar-refractivity contribution in [1.82, 2.24) is 0 Å². The van der Waals surface area contributed by atoms with Gasteiger partial charge >= 0.3 is 0 Å². The Morgan fingerprint density at radius 2 is 1.65 bits per heavy atom. The van der Waals surface area contributed by atoms with Crippen molar-refractivity contribution < 1.29 is 26.2 Å². The average Bonchev–Trinajstić information content (AvgIpc) is 2.90. The van der Waals surface area contributed by atoms with Gasteiger partial charge in [0.1, 0.15) is 0 Å². The average molecular weight is 340 g/mol. The van der Waals surface area contributed by atoms with Crippen molar-refractivity contribution in [2.75, 3.05) is 0 Å². The molecular weight excluding hydrogens is 319 g/mol. The molecule has 20 heavy (non-hydrogen) atoms. The summed E-state index contributed by atoms with van der Waals surface area (Å²) in [6.45, 7) is 4.44. The van der Waals surface area contributed by atoms with Gasteiger partial charge in [-0.25, -0.2) is 0 Å². The van der Waals surface area contributed by atoms with Gasteiger partial charge in [0.2, 0.25) is 0 Å². The predicted octanol–water partition coefficient (Wildman–Crippen LogP) is 5.26. The zero-order valence-corrected chi connectivity index (χ0v) is 14.7. The van der Waals surface area contributed by atoms with Crippen molar-refractivity contribution in [2.24, 2.45) is 0 Å². The van der Waals surface area contributed by atoms with E-state index in [-0.39, 0.29) is 26.2 Å². The fraction of sp³-hybridized carbons (Fsp3) is 0.263. The molecule has 0 N–H and O–H groups in total. The maximum Gasteiger partial charge on any atom is 0 e. The van der Waals surface area contributed by atoms with Gasteiger partial charge in [-0.05, 0) is 47.1 Å². The van der Waals surface area contributed by atoms with Crippen LogP contribution in [0.25, 0.3) is 17.2 Å². The van der Waals surface area contributed by atoms with Gasteiger partial charge in [0.25, 0.3) is 0 Å². The van der Waals surface area contributed by atoms with Gasteiger partial charge in [-0.2, -0.15) is 0 Å². The first-order chi connectivity index (χ1) is 9.31. The molecule has 0 saturated carbocycles. The molecule has 0 aliphatic heterocycles. The van der Waals surface area contributed by atoms with Gasteiger partial charge in [0.05, 0.1) is 0 Å². The molecule has 100 valence electrons. The summed E-state index contributed by atoms with van der Waals surface area (Å²) in [7, 11) is 0. The van der Waals surface area contributed by atoms with Crippen molar-refractivity contribution in [1.29, 1.82) is 0 Å². The molecule has 0 fully saturated rings. The molecule has 2 aromatic carbocycles. The number of allylic oxidation sites excluding steroid dienone is 1. The topological polar surface area (TPSA) is 0 Å². The Morgan fingerprint density at radius 3 is 2.30 bits per heavy atom. The minimum Gasteiger partial charge on any atom is -0.0655 e. The van der Waals surface area contributed by atoms with Crippen molar-refractivity contribution in [2.45, 2.75) is 33.1 Å². The van der Waals surface area contributed by atoms with E-state index in [1.54, 1.807) is 5.57 Å². The van der Waals surface area contributed by atoms with E-state index in [9.17, 15) is 0 Å². The van der Waals surface area contributed by atoms with Gasteiger partial charge in [-0.3, -0.25) is 0 Å². The van der Waals surface area contributed by atoms with Crippen LogP contribution in [0.5, 0.6) is 0 Å². The molecule has 0 bridgehead atoms. The van der Waals surface area contributed by atoms with Crippen LogP contribution in [0.1, 0.15) is 37.0 Å². The van der Waals surface area contributed by atoms with Gasteiger partial charge in [0, 0.05) is 26.2 Å². The number of aryl methyl sites for hydroxylation is 1. The second-order valence-electron chi connectivity index (χ2n) is 5.26. The van der Waals surface area contributed by atoms with Gasteiger partial charge in [-0.1, -0.05) is 68.0 Å². The third kappa shape index (κ3) is 2.89. The Labute approximate surface area is 141 Å². The minimum absolute atomic E-state index is 0. The first kappa shape index (κ1) is 15.5. The summed E-state index contributed by atoms with van der Waals surface area (Å²) in [5.41, 5.74) is 8.58. The smallest absolute Gasteiger partial charge is 0 e. The predicted molar refractivity (Wildman–Crippen MR) is 83.2 cm³/mol. The second kappa shape index (κ2) is 6.68. The van der Waals surface area contributed by atoms with Crippen molar-refractivity contribution >= 4 is 6.08 Å². The monoisotopic (exact) mass is 338 g/mol. The largest absolute Gasteiger partial charge is 0.0655 e. The van der Waals surface area contributed by atoms with Crippen molar-refractivity contribution in [3.8, 4) is 11.1 Å². The number of rotatable bonds is 3. The number of fused-ring (bicyclic) bond motifs is 1. The molecule has 2 aromatic rings. The van der Waals surface area contributed by atoms with Gasteiger partial charge in [0.15, 0.2) is 0 Å². The van der Waals surface area contributed by atoms with E-state index in [4.69, 9.17) is 0 Å². The zero-order chi connectivity index (χ0) is 13.2. The molecule has 0 spiro atoms. The van der Waals surface area contributed by atoms with Crippen LogP contribution in [0.4, 0.5) is 0 Å². The molecular formula is C19H20Zr. The van der Waals surface area contributed by atoms with E-state index in [1.165, 1.54) is 27.8 Å². The van der Waals surface area contributed by atoms with Crippen molar-refractivity contribution in [3.05, 3.63) is 64.7 Å². The van der Waals surface area contributed by atoms with Gasteiger partial charge < -0.3 is 0 Å². The molecule has 0 nitrogen and oxygen atoms in total. The Kier molecular flexibility index (Phi) is 5.16. The zero-order valence-electron chi connectivity index (χ0n) is 12.2. The first-order valence-corrected chi connectivity index (χ1v) is 7.22. The molecule has 3 rings (SSSR count). The molecule has 0 unspecified atom stereocenters. The van der Waals surface area contributed by atoms with Gasteiger partial charge in [-0.15, -0.1) is 0 Å². The molecule has 1 aliphatic carbocycles. The maximum absolute atomic E-state index is 2.39. The Morgan fingerprint density at radius 1 is 0.900 bits per heavy atom. The molecule has 0 heterocycles. The Bertz CT molecular complexity index is 621. The molecule has 0 aromatic heterocycles. The normalized spacial score (nSPS) is 12.6. The Hall–Kier alpha value is -0.937. The molecule has 1 aliphatic rings. The summed E-state index contributed by atoms with van der Waals surface area (Å²) < 4.78 is 0. The fourth-order valence-corrected chi connectivity index (χ4v) is 2.84. The summed E-state index contributed by atoms with van der Waals surface area (Å²) in [6, 6.07) is 15.7. The molecule has 0 saturated heterocycles. The minimum atomic E-state index is 0. The van der Waals surface area contributed by atoms with E-state index < -0.39 is 0 Å². The van der Waals surface area contributed by atoms with Crippen LogP contribution in [0.3, 0.4) is 0 Å². The molecule has 0 amide bonds. The van der Waals surface area contributed by atoms with Crippen LogP contribution in [0.15, 0.2) is 48.0 Å². The number of hydrogen-bond donors (Lipinski definition) is 0. The number of hydrogen-bond acceptors (Lipinski definition) is 0. The van der Waals surface area contributed by atoms with Crippen LogP contribution in [0, 0.1) is 0 Å². The molecule has 0 radical (unpaired) electrons. The van der Waals surface area contributed by atoms with Crippen LogP contribution >= 0.6 is 0 Å². The van der Waals surface area contributed by atoms with Crippen LogP contribution in [-0.2, 0) is 39.0 Å². The summed E-state index contributed by atoms with van der Waals surface area (Å²) in [5, 5.41) is 0. The second-order valence-corrected chi connectivity index (χ2v) is 5.26. The van der Waals surface area contributed by atoms with Crippen molar-refractivity contribution in [3.63, 3.8) is 0 Å². The quantitative estimate of drug-likeness (QED) is 0.715. The van der Waals surface area contributed by atoms with E-state index in [1.807, 2.05) is 0 Å². The summed E-state index contributed by atoms with van der Waals surface area (Å²) in [4.78, 5) is 0. The SMILES string of the molecule is CCC1=Cc2c(cccc2-c2ccc(CC)cc2)C1.[Zr]. The maximum atomic E-state index is 2.39. The van der Waals surface area contributed by atoms with E-state index in [0.29, 0.717) is 0 Å². The van der Waals surface area contributed by atoms with E-state index in [2.05, 4.69) is 62.4 Å². The van der Waals surface area contributed by atoms with E-state index in [0.717, 1.165) is 19.3 Å². The molecule has 0 atom stereocenters. The van der Waals surface area contributed by atoms with Crippen LogP contribution in [-0.4, -0.2) is 0 Å². The summed E-state index contributed by atoms with van der Waals surface area (Å²) in [6.07, 6.45) is 5.78. The first-order valence-electron chi connectivity index (χ1n) is 7.22. The summed E-state index contributed by atoms with van der Waals surface area (Å²) in [5.74, 6) is 0. The fourth-order valence-electron chi connectivity index (χ4n) is 2.84. The Balaban J connectivity index is 0.00000147. The summed E-state index contributed by atoms with van der Waals surface area (Å²) >= 11 is 0. The third-order valence-corrected chi connectivity index (χ3v) is 4.09.